The number of nitrogens with zero attached hydrogens (tertiary/aromatic N) is 1. The standard InChI is InChI=1S/C19H21ClN2O2/c1-13-5-4-6-17(14(13)2)21-18(23)12-22(3)19(24)11-15-7-9-16(20)10-8-15/h4-10H,11-12H2,1-3H3,(H,21,23). The van der Waals surface area contributed by atoms with Crippen LogP contribution in [0.3, 0.4) is 0 Å². The number of carbonyl (C=O) groups excluding carboxylic acids is 2. The van der Waals surface area contributed by atoms with Gasteiger partial charge < -0.3 is 10.2 Å². The topological polar surface area (TPSA) is 49.4 Å². The lowest BCUT2D eigenvalue weighted by Gasteiger charge is -2.18. The molecule has 0 unspecified atom stereocenters. The fraction of sp³-hybridized carbons (Fsp3) is 0.263. The van der Waals surface area contributed by atoms with E-state index in [1.807, 2.05) is 44.2 Å². The van der Waals surface area contributed by atoms with Crippen LogP contribution in [-0.4, -0.2) is 30.3 Å². The molecular weight excluding hydrogens is 324 g/mol. The minimum absolute atomic E-state index is 0.0137. The highest BCUT2D eigenvalue weighted by molar-refractivity contribution is 6.30. The average Bonchev–Trinajstić information content (AvgIpc) is 2.54. The number of anilines is 1. The number of hydrogen-bond donors (Lipinski definition) is 1. The number of aryl methyl sites for hydroxylation is 1. The molecule has 1 N–H and O–H groups in total. The van der Waals surface area contributed by atoms with E-state index in [1.54, 1.807) is 19.2 Å². The first-order valence-electron chi connectivity index (χ1n) is 7.71. The minimum atomic E-state index is -0.212. The third-order valence-corrected chi connectivity index (χ3v) is 4.21. The highest BCUT2D eigenvalue weighted by Gasteiger charge is 2.14. The molecule has 126 valence electrons. The van der Waals surface area contributed by atoms with Gasteiger partial charge in [0.05, 0.1) is 13.0 Å². The Balaban J connectivity index is 1.92. The van der Waals surface area contributed by atoms with Crippen LogP contribution in [0.15, 0.2) is 42.5 Å². The van der Waals surface area contributed by atoms with E-state index >= 15 is 0 Å². The van der Waals surface area contributed by atoms with Crippen LogP contribution in [0.4, 0.5) is 5.69 Å². The van der Waals surface area contributed by atoms with Crippen LogP contribution in [0.5, 0.6) is 0 Å². The fourth-order valence-electron chi connectivity index (χ4n) is 2.29. The highest BCUT2D eigenvalue weighted by atomic mass is 35.5. The molecule has 0 spiro atoms. The lowest BCUT2D eigenvalue weighted by atomic mass is 10.1. The van der Waals surface area contributed by atoms with E-state index in [1.165, 1.54) is 4.90 Å². The quantitative estimate of drug-likeness (QED) is 0.901. The molecule has 0 bridgehead atoms. The van der Waals surface area contributed by atoms with Crippen LogP contribution >= 0.6 is 11.6 Å². The Morgan fingerprint density at radius 1 is 1.08 bits per heavy atom. The molecule has 0 saturated heterocycles. The molecule has 0 heterocycles. The van der Waals surface area contributed by atoms with Crippen molar-refractivity contribution in [1.29, 1.82) is 0 Å². The van der Waals surface area contributed by atoms with Gasteiger partial charge in [0.1, 0.15) is 0 Å². The number of benzene rings is 2. The molecule has 24 heavy (non-hydrogen) atoms. The lowest BCUT2D eigenvalue weighted by Crippen LogP contribution is -2.35. The van der Waals surface area contributed by atoms with E-state index in [4.69, 9.17) is 11.6 Å². The highest BCUT2D eigenvalue weighted by Crippen LogP contribution is 2.17. The molecule has 0 fully saturated rings. The number of likely N-dealkylation sites (N-methyl/N-ethyl adjacent to an activating group) is 1. The molecule has 0 aromatic heterocycles. The molecular formula is C19H21ClN2O2. The molecule has 2 amide bonds. The SMILES string of the molecule is Cc1cccc(NC(=O)CN(C)C(=O)Cc2ccc(Cl)cc2)c1C. The first-order chi connectivity index (χ1) is 11.4. The fourth-order valence-corrected chi connectivity index (χ4v) is 2.42. The molecule has 2 rings (SSSR count). The van der Waals surface area contributed by atoms with Crippen LogP contribution in [-0.2, 0) is 16.0 Å². The predicted octanol–water partition coefficient (Wildman–Crippen LogP) is 3.60. The summed E-state index contributed by atoms with van der Waals surface area (Å²) in [6.45, 7) is 3.97. The second kappa shape index (κ2) is 7.97. The smallest absolute Gasteiger partial charge is 0.243 e. The summed E-state index contributed by atoms with van der Waals surface area (Å²) in [5.41, 5.74) is 3.78. The molecule has 0 saturated carbocycles. The van der Waals surface area contributed by atoms with Crippen LogP contribution in [0.25, 0.3) is 0 Å². The molecule has 4 nitrogen and oxygen atoms in total. The second-order valence-electron chi connectivity index (χ2n) is 5.85. The van der Waals surface area contributed by atoms with Gasteiger partial charge in [0.2, 0.25) is 11.8 Å². The molecule has 0 aliphatic carbocycles. The second-order valence-corrected chi connectivity index (χ2v) is 6.29. The maximum Gasteiger partial charge on any atom is 0.243 e. The Labute approximate surface area is 147 Å². The normalized spacial score (nSPS) is 10.3. The molecule has 2 aromatic carbocycles. The first kappa shape index (κ1) is 18.0. The zero-order valence-corrected chi connectivity index (χ0v) is 14.9. The van der Waals surface area contributed by atoms with Crippen LogP contribution in [0.1, 0.15) is 16.7 Å². The van der Waals surface area contributed by atoms with Crippen LogP contribution in [0, 0.1) is 13.8 Å². The number of nitrogens with one attached hydrogen (secondary N) is 1. The summed E-state index contributed by atoms with van der Waals surface area (Å²) < 4.78 is 0. The van der Waals surface area contributed by atoms with E-state index in [-0.39, 0.29) is 24.8 Å². The summed E-state index contributed by atoms with van der Waals surface area (Å²) >= 11 is 5.83. The van der Waals surface area contributed by atoms with Crippen molar-refractivity contribution in [2.45, 2.75) is 20.3 Å². The van der Waals surface area contributed by atoms with Crippen molar-refractivity contribution in [3.05, 3.63) is 64.2 Å². The summed E-state index contributed by atoms with van der Waals surface area (Å²) in [6, 6.07) is 12.9. The lowest BCUT2D eigenvalue weighted by molar-refractivity contribution is -0.132. The Morgan fingerprint density at radius 3 is 2.42 bits per heavy atom. The average molecular weight is 345 g/mol. The third kappa shape index (κ3) is 4.83. The van der Waals surface area contributed by atoms with E-state index < -0.39 is 0 Å². The zero-order chi connectivity index (χ0) is 17.7. The number of carbonyl (C=O) groups is 2. The van der Waals surface area contributed by atoms with Gasteiger partial charge in [-0.25, -0.2) is 0 Å². The van der Waals surface area contributed by atoms with Crippen molar-refractivity contribution in [1.82, 2.24) is 4.90 Å². The summed E-state index contributed by atoms with van der Waals surface area (Å²) in [6.07, 6.45) is 0.240. The van der Waals surface area contributed by atoms with Gasteiger partial charge in [-0.3, -0.25) is 9.59 Å². The van der Waals surface area contributed by atoms with E-state index in [2.05, 4.69) is 5.32 Å². The first-order valence-corrected chi connectivity index (χ1v) is 8.09. The Hall–Kier alpha value is -2.33. The Kier molecular flexibility index (Phi) is 5.99. The van der Waals surface area contributed by atoms with Gasteiger partial charge in [0.25, 0.3) is 0 Å². The monoisotopic (exact) mass is 344 g/mol. The van der Waals surface area contributed by atoms with Gasteiger partial charge in [-0.15, -0.1) is 0 Å². The number of rotatable bonds is 5. The van der Waals surface area contributed by atoms with Gasteiger partial charge in [-0.05, 0) is 48.7 Å². The molecule has 5 heteroatoms. The summed E-state index contributed by atoms with van der Waals surface area (Å²) in [5, 5.41) is 3.49. The number of hydrogen-bond acceptors (Lipinski definition) is 2. The van der Waals surface area contributed by atoms with E-state index in [0.29, 0.717) is 5.02 Å². The number of amides is 2. The number of halogens is 1. The zero-order valence-electron chi connectivity index (χ0n) is 14.1. The van der Waals surface area contributed by atoms with Gasteiger partial charge in [0.15, 0.2) is 0 Å². The van der Waals surface area contributed by atoms with Crippen molar-refractivity contribution in [2.24, 2.45) is 0 Å². The molecule has 0 aliphatic rings. The largest absolute Gasteiger partial charge is 0.336 e. The van der Waals surface area contributed by atoms with Crippen molar-refractivity contribution < 1.29 is 9.59 Å². The Bertz CT molecular complexity index is 742. The van der Waals surface area contributed by atoms with Gasteiger partial charge in [-0.1, -0.05) is 35.9 Å². The van der Waals surface area contributed by atoms with Crippen LogP contribution in [0.2, 0.25) is 5.02 Å². The van der Waals surface area contributed by atoms with Crippen LogP contribution < -0.4 is 5.32 Å². The van der Waals surface area contributed by atoms with Crippen molar-refractivity contribution in [2.75, 3.05) is 18.9 Å². The minimum Gasteiger partial charge on any atom is -0.336 e. The maximum atomic E-state index is 12.2. The maximum absolute atomic E-state index is 12.2. The predicted molar refractivity (Wildman–Crippen MR) is 97.3 cm³/mol. The van der Waals surface area contributed by atoms with Crippen molar-refractivity contribution >= 4 is 29.1 Å². The summed E-state index contributed by atoms with van der Waals surface area (Å²) in [5.74, 6) is -0.330. The van der Waals surface area contributed by atoms with Crippen molar-refractivity contribution in [3.8, 4) is 0 Å². The van der Waals surface area contributed by atoms with Gasteiger partial charge in [-0.2, -0.15) is 0 Å². The summed E-state index contributed by atoms with van der Waals surface area (Å²) in [4.78, 5) is 25.8. The van der Waals surface area contributed by atoms with Gasteiger partial charge in [0, 0.05) is 17.8 Å². The molecule has 0 atom stereocenters. The Morgan fingerprint density at radius 2 is 1.75 bits per heavy atom. The molecule has 2 aromatic rings. The van der Waals surface area contributed by atoms with Gasteiger partial charge >= 0.3 is 0 Å². The van der Waals surface area contributed by atoms with E-state index in [9.17, 15) is 9.59 Å². The molecule has 0 radical (unpaired) electrons. The van der Waals surface area contributed by atoms with Crippen molar-refractivity contribution in [3.63, 3.8) is 0 Å². The third-order valence-electron chi connectivity index (χ3n) is 3.95. The summed E-state index contributed by atoms with van der Waals surface area (Å²) in [7, 11) is 1.63. The molecule has 0 aliphatic heterocycles. The van der Waals surface area contributed by atoms with E-state index in [0.717, 1.165) is 22.4 Å².